The summed E-state index contributed by atoms with van der Waals surface area (Å²) in [6, 6.07) is 15.7. The predicted octanol–water partition coefficient (Wildman–Crippen LogP) is 3.89. The molecule has 0 saturated carbocycles. The minimum atomic E-state index is -0.251. The first-order chi connectivity index (χ1) is 12.1. The zero-order valence-electron chi connectivity index (χ0n) is 13.6. The number of para-hydroxylation sites is 2. The van der Waals surface area contributed by atoms with Gasteiger partial charge in [0.25, 0.3) is 0 Å². The summed E-state index contributed by atoms with van der Waals surface area (Å²) in [6.07, 6.45) is 1.83. The van der Waals surface area contributed by atoms with Crippen LogP contribution in [-0.4, -0.2) is 22.0 Å². The highest BCUT2D eigenvalue weighted by Crippen LogP contribution is 2.23. The molecule has 1 aromatic heterocycles. The summed E-state index contributed by atoms with van der Waals surface area (Å²) in [4.78, 5) is 0. The zero-order chi connectivity index (χ0) is 17.6. The Morgan fingerprint density at radius 2 is 1.88 bits per heavy atom. The van der Waals surface area contributed by atoms with Crippen molar-refractivity contribution in [3.63, 3.8) is 0 Å². The second-order valence-corrected chi connectivity index (χ2v) is 5.71. The highest BCUT2D eigenvalue weighted by atomic mass is 32.1. The Labute approximate surface area is 150 Å². The van der Waals surface area contributed by atoms with Gasteiger partial charge in [-0.3, -0.25) is 4.68 Å². The summed E-state index contributed by atoms with van der Waals surface area (Å²) in [7, 11) is 1.61. The molecule has 128 valence electrons. The molecule has 0 aliphatic carbocycles. The molecule has 0 spiro atoms. The standard InChI is InChI=1S/C18H17FN4OS/c1-24-16-5-3-2-4-15(16)20-18(25)21-17-10-11-23(22-17)12-13-6-8-14(19)9-7-13/h2-11H,12H2,1H3,(H2,20,21,22,25). The van der Waals surface area contributed by atoms with Crippen molar-refractivity contribution >= 4 is 28.8 Å². The third-order valence-electron chi connectivity index (χ3n) is 3.50. The number of rotatable bonds is 5. The molecule has 0 aliphatic rings. The molecule has 0 unspecified atom stereocenters. The molecule has 0 atom stereocenters. The molecule has 0 bridgehead atoms. The molecule has 2 N–H and O–H groups in total. The Hall–Kier alpha value is -2.93. The zero-order valence-corrected chi connectivity index (χ0v) is 14.4. The van der Waals surface area contributed by atoms with Crippen molar-refractivity contribution in [1.82, 2.24) is 9.78 Å². The minimum absolute atomic E-state index is 0.251. The number of thiocarbonyl (C=S) groups is 1. The van der Waals surface area contributed by atoms with Gasteiger partial charge in [-0.05, 0) is 42.0 Å². The second-order valence-electron chi connectivity index (χ2n) is 5.30. The van der Waals surface area contributed by atoms with Crippen LogP contribution in [0.4, 0.5) is 15.9 Å². The van der Waals surface area contributed by atoms with Crippen LogP contribution in [0.25, 0.3) is 0 Å². The average molecular weight is 356 g/mol. The number of aromatic nitrogens is 2. The quantitative estimate of drug-likeness (QED) is 0.680. The summed E-state index contributed by atoms with van der Waals surface area (Å²) >= 11 is 5.31. The summed E-state index contributed by atoms with van der Waals surface area (Å²) in [5.74, 6) is 1.07. The van der Waals surface area contributed by atoms with Gasteiger partial charge >= 0.3 is 0 Å². The van der Waals surface area contributed by atoms with Gasteiger partial charge in [-0.15, -0.1) is 0 Å². The summed E-state index contributed by atoms with van der Waals surface area (Å²) in [5, 5.41) is 10.9. The van der Waals surface area contributed by atoms with E-state index in [2.05, 4.69) is 15.7 Å². The van der Waals surface area contributed by atoms with Crippen molar-refractivity contribution < 1.29 is 9.13 Å². The molecule has 7 heteroatoms. The molecule has 3 rings (SSSR count). The molecular weight excluding hydrogens is 339 g/mol. The molecule has 0 radical (unpaired) electrons. The SMILES string of the molecule is COc1ccccc1NC(=S)Nc1ccn(Cc2ccc(F)cc2)n1. The molecule has 0 fully saturated rings. The van der Waals surface area contributed by atoms with Gasteiger partial charge in [0.1, 0.15) is 11.6 Å². The number of benzene rings is 2. The number of nitrogens with one attached hydrogen (secondary N) is 2. The Kier molecular flexibility index (Phi) is 5.25. The summed E-state index contributed by atoms with van der Waals surface area (Å²) in [5.41, 5.74) is 1.74. The molecule has 2 aromatic carbocycles. The van der Waals surface area contributed by atoms with Gasteiger partial charge in [0.05, 0.1) is 19.3 Å². The number of hydrogen-bond acceptors (Lipinski definition) is 3. The van der Waals surface area contributed by atoms with E-state index in [0.717, 1.165) is 11.3 Å². The van der Waals surface area contributed by atoms with Crippen molar-refractivity contribution in [3.8, 4) is 5.75 Å². The Bertz CT molecular complexity index is 864. The van der Waals surface area contributed by atoms with Crippen LogP contribution >= 0.6 is 12.2 Å². The van der Waals surface area contributed by atoms with Gasteiger partial charge in [-0.1, -0.05) is 24.3 Å². The third-order valence-corrected chi connectivity index (χ3v) is 3.70. The summed E-state index contributed by atoms with van der Waals surface area (Å²) in [6.45, 7) is 0.550. The lowest BCUT2D eigenvalue weighted by molar-refractivity contribution is 0.417. The van der Waals surface area contributed by atoms with Crippen LogP contribution in [0.5, 0.6) is 5.75 Å². The Balaban J connectivity index is 1.61. The highest BCUT2D eigenvalue weighted by Gasteiger charge is 2.06. The monoisotopic (exact) mass is 356 g/mol. The molecule has 0 saturated heterocycles. The van der Waals surface area contributed by atoms with Gasteiger partial charge in [-0.2, -0.15) is 5.10 Å². The topological polar surface area (TPSA) is 51.1 Å². The van der Waals surface area contributed by atoms with E-state index in [-0.39, 0.29) is 5.82 Å². The van der Waals surface area contributed by atoms with Crippen LogP contribution in [0.3, 0.4) is 0 Å². The average Bonchev–Trinajstić information content (AvgIpc) is 3.04. The van der Waals surface area contributed by atoms with E-state index in [1.54, 1.807) is 23.9 Å². The molecular formula is C18H17FN4OS. The van der Waals surface area contributed by atoms with Crippen LogP contribution in [0.1, 0.15) is 5.56 Å². The third kappa shape index (κ3) is 4.54. The van der Waals surface area contributed by atoms with Gasteiger partial charge in [0.15, 0.2) is 10.9 Å². The molecule has 25 heavy (non-hydrogen) atoms. The van der Waals surface area contributed by atoms with Gasteiger partial charge in [0, 0.05) is 12.3 Å². The Morgan fingerprint density at radius 1 is 1.12 bits per heavy atom. The van der Waals surface area contributed by atoms with Crippen LogP contribution in [-0.2, 0) is 6.54 Å². The first kappa shape index (κ1) is 16.9. The fourth-order valence-corrected chi connectivity index (χ4v) is 2.53. The number of halogens is 1. The van der Waals surface area contributed by atoms with Gasteiger partial charge in [0.2, 0.25) is 0 Å². The van der Waals surface area contributed by atoms with E-state index in [9.17, 15) is 4.39 Å². The lowest BCUT2D eigenvalue weighted by Gasteiger charge is -2.12. The fraction of sp³-hybridized carbons (Fsp3) is 0.111. The predicted molar refractivity (Wildman–Crippen MR) is 101 cm³/mol. The maximum Gasteiger partial charge on any atom is 0.176 e. The van der Waals surface area contributed by atoms with Gasteiger partial charge < -0.3 is 15.4 Å². The first-order valence-corrected chi connectivity index (χ1v) is 8.04. The number of nitrogens with zero attached hydrogens (tertiary/aromatic N) is 2. The van der Waals surface area contributed by atoms with Crippen LogP contribution in [0.15, 0.2) is 60.8 Å². The van der Waals surface area contributed by atoms with E-state index in [1.165, 1.54) is 12.1 Å². The van der Waals surface area contributed by atoms with Crippen molar-refractivity contribution in [2.24, 2.45) is 0 Å². The van der Waals surface area contributed by atoms with Crippen molar-refractivity contribution in [1.29, 1.82) is 0 Å². The van der Waals surface area contributed by atoms with Crippen LogP contribution in [0, 0.1) is 5.82 Å². The smallest absolute Gasteiger partial charge is 0.176 e. The molecule has 3 aromatic rings. The Morgan fingerprint density at radius 3 is 2.64 bits per heavy atom. The lowest BCUT2D eigenvalue weighted by atomic mass is 10.2. The van der Waals surface area contributed by atoms with Crippen LogP contribution < -0.4 is 15.4 Å². The van der Waals surface area contributed by atoms with E-state index in [0.29, 0.717) is 23.2 Å². The van der Waals surface area contributed by atoms with Crippen LogP contribution in [0.2, 0.25) is 0 Å². The van der Waals surface area contributed by atoms with Crippen molar-refractivity contribution in [3.05, 3.63) is 72.2 Å². The molecule has 1 heterocycles. The molecule has 0 aliphatic heterocycles. The maximum absolute atomic E-state index is 12.9. The maximum atomic E-state index is 12.9. The van der Waals surface area contributed by atoms with Crippen molar-refractivity contribution in [2.75, 3.05) is 17.7 Å². The first-order valence-electron chi connectivity index (χ1n) is 7.63. The number of anilines is 2. The van der Waals surface area contributed by atoms with Gasteiger partial charge in [-0.25, -0.2) is 4.39 Å². The number of methoxy groups -OCH3 is 1. The number of hydrogen-bond donors (Lipinski definition) is 2. The summed E-state index contributed by atoms with van der Waals surface area (Å²) < 4.78 is 20.0. The van der Waals surface area contributed by atoms with E-state index in [1.807, 2.05) is 36.5 Å². The minimum Gasteiger partial charge on any atom is -0.495 e. The molecule has 5 nitrogen and oxygen atoms in total. The van der Waals surface area contributed by atoms with Crippen molar-refractivity contribution in [2.45, 2.75) is 6.54 Å². The second kappa shape index (κ2) is 7.76. The van der Waals surface area contributed by atoms with E-state index in [4.69, 9.17) is 17.0 Å². The fourth-order valence-electron chi connectivity index (χ4n) is 2.31. The van der Waals surface area contributed by atoms with E-state index < -0.39 is 0 Å². The lowest BCUT2D eigenvalue weighted by Crippen LogP contribution is -2.20. The number of ether oxygens (including phenoxy) is 1. The highest BCUT2D eigenvalue weighted by molar-refractivity contribution is 7.80. The molecule has 0 amide bonds. The van der Waals surface area contributed by atoms with E-state index >= 15 is 0 Å². The largest absolute Gasteiger partial charge is 0.495 e. The normalized spacial score (nSPS) is 10.3.